The lowest BCUT2D eigenvalue weighted by Gasteiger charge is -2.32. The lowest BCUT2D eigenvalue weighted by atomic mass is 9.85. The minimum absolute atomic E-state index is 0.284. The Bertz CT molecular complexity index is 925. The van der Waals surface area contributed by atoms with Gasteiger partial charge in [-0.3, -0.25) is 9.69 Å². The van der Waals surface area contributed by atoms with Crippen LogP contribution >= 0.6 is 0 Å². The molecule has 0 aromatic heterocycles. The van der Waals surface area contributed by atoms with Gasteiger partial charge >= 0.3 is 0 Å². The van der Waals surface area contributed by atoms with Gasteiger partial charge in [-0.25, -0.2) is 0 Å². The van der Waals surface area contributed by atoms with Gasteiger partial charge in [-0.1, -0.05) is 60.7 Å². The maximum absolute atomic E-state index is 13.6. The van der Waals surface area contributed by atoms with Crippen molar-refractivity contribution in [3.05, 3.63) is 71.8 Å². The summed E-state index contributed by atoms with van der Waals surface area (Å²) in [7, 11) is 1.69. The topological polar surface area (TPSA) is 32.8 Å². The molecule has 0 N–H and O–H groups in total. The zero-order valence-corrected chi connectivity index (χ0v) is 17.0. The molecule has 0 aliphatic carbocycles. The zero-order chi connectivity index (χ0) is 19.8. The predicted octanol–water partition coefficient (Wildman–Crippen LogP) is 3.97. The van der Waals surface area contributed by atoms with E-state index in [4.69, 9.17) is 4.74 Å². The highest BCUT2D eigenvalue weighted by Crippen LogP contribution is 2.52. The predicted molar refractivity (Wildman–Crippen MR) is 114 cm³/mol. The SMILES string of the molecule is COc1ccccc1CN1C[C@@H]2C[C@@H](C=Cc3ccccc3)N3CCC[C@@]23C1=O. The van der Waals surface area contributed by atoms with E-state index in [2.05, 4.69) is 52.3 Å². The average molecular weight is 389 g/mol. The smallest absolute Gasteiger partial charge is 0.243 e. The minimum atomic E-state index is -0.284. The number of carbonyl (C=O) groups is 1. The van der Waals surface area contributed by atoms with Gasteiger partial charge in [-0.15, -0.1) is 0 Å². The highest BCUT2D eigenvalue weighted by atomic mass is 16.5. The van der Waals surface area contributed by atoms with Crippen LogP contribution in [0, 0.1) is 5.92 Å². The van der Waals surface area contributed by atoms with Crippen LogP contribution in [0.25, 0.3) is 6.08 Å². The molecule has 0 radical (unpaired) electrons. The van der Waals surface area contributed by atoms with Crippen molar-refractivity contribution in [2.45, 2.75) is 37.4 Å². The second kappa shape index (κ2) is 7.34. The molecule has 4 nitrogen and oxygen atoms in total. The first-order valence-corrected chi connectivity index (χ1v) is 10.6. The van der Waals surface area contributed by atoms with E-state index in [1.165, 1.54) is 5.56 Å². The lowest BCUT2D eigenvalue weighted by Crippen LogP contribution is -2.50. The summed E-state index contributed by atoms with van der Waals surface area (Å²) < 4.78 is 5.50. The molecule has 0 bridgehead atoms. The first kappa shape index (κ1) is 18.4. The Morgan fingerprint density at radius 1 is 1.14 bits per heavy atom. The van der Waals surface area contributed by atoms with Crippen LogP contribution in [0.3, 0.4) is 0 Å². The van der Waals surface area contributed by atoms with Crippen molar-refractivity contribution in [3.8, 4) is 5.75 Å². The first-order chi connectivity index (χ1) is 14.2. The minimum Gasteiger partial charge on any atom is -0.496 e. The molecule has 0 unspecified atom stereocenters. The number of benzene rings is 2. The third-order valence-corrected chi connectivity index (χ3v) is 7.03. The van der Waals surface area contributed by atoms with Crippen molar-refractivity contribution in [2.24, 2.45) is 5.92 Å². The molecule has 29 heavy (non-hydrogen) atoms. The number of amides is 1. The van der Waals surface area contributed by atoms with Crippen LogP contribution in [0.1, 0.15) is 30.4 Å². The molecule has 0 saturated carbocycles. The molecule has 3 heterocycles. The Hall–Kier alpha value is -2.59. The fraction of sp³-hybridized carbons (Fsp3) is 0.400. The maximum atomic E-state index is 13.6. The van der Waals surface area contributed by atoms with E-state index >= 15 is 0 Å². The third-order valence-electron chi connectivity index (χ3n) is 7.03. The average Bonchev–Trinajstić information content (AvgIpc) is 3.39. The van der Waals surface area contributed by atoms with E-state index < -0.39 is 0 Å². The highest BCUT2D eigenvalue weighted by Gasteiger charge is 2.64. The van der Waals surface area contributed by atoms with Gasteiger partial charge in [0.05, 0.1) is 7.11 Å². The van der Waals surface area contributed by atoms with Crippen LogP contribution in [-0.2, 0) is 11.3 Å². The Labute approximate surface area is 172 Å². The third kappa shape index (κ3) is 2.98. The number of rotatable bonds is 5. The van der Waals surface area contributed by atoms with Crippen molar-refractivity contribution >= 4 is 12.0 Å². The quantitative estimate of drug-likeness (QED) is 0.777. The molecule has 3 aliphatic rings. The number of carbonyl (C=O) groups excluding carboxylic acids is 1. The molecular weight excluding hydrogens is 360 g/mol. The van der Waals surface area contributed by atoms with E-state index in [9.17, 15) is 4.79 Å². The molecule has 150 valence electrons. The standard InChI is InChI=1S/C25H28N2O2/c1-29-23-11-6-5-10-20(23)17-26-18-21-16-22(13-12-19-8-3-2-4-9-19)27-15-7-14-25(21,27)24(26)28/h2-6,8-13,21-22H,7,14-18H2,1H3/t21-,22+,25-/m0/s1. The number of methoxy groups -OCH3 is 1. The highest BCUT2D eigenvalue weighted by molar-refractivity contribution is 5.90. The number of likely N-dealkylation sites (tertiary alicyclic amines) is 1. The van der Waals surface area contributed by atoms with Crippen LogP contribution in [0.15, 0.2) is 60.7 Å². The number of hydrogen-bond donors (Lipinski definition) is 0. The van der Waals surface area contributed by atoms with Crippen LogP contribution in [0.4, 0.5) is 0 Å². The first-order valence-electron chi connectivity index (χ1n) is 10.6. The normalized spacial score (nSPS) is 28.9. The molecule has 2 aromatic carbocycles. The van der Waals surface area contributed by atoms with Gasteiger partial charge in [-0.2, -0.15) is 0 Å². The van der Waals surface area contributed by atoms with Crippen molar-refractivity contribution in [1.82, 2.24) is 9.80 Å². The van der Waals surface area contributed by atoms with Gasteiger partial charge in [0.1, 0.15) is 11.3 Å². The van der Waals surface area contributed by atoms with E-state index in [1.54, 1.807) is 7.11 Å². The Morgan fingerprint density at radius 2 is 1.93 bits per heavy atom. The van der Waals surface area contributed by atoms with E-state index in [-0.39, 0.29) is 5.54 Å². The summed E-state index contributed by atoms with van der Waals surface area (Å²) in [6.45, 7) is 2.51. The molecule has 2 aromatic rings. The van der Waals surface area contributed by atoms with Crippen LogP contribution < -0.4 is 4.74 Å². The van der Waals surface area contributed by atoms with Gasteiger partial charge in [0.25, 0.3) is 0 Å². The molecule has 5 rings (SSSR count). The molecule has 3 saturated heterocycles. The van der Waals surface area contributed by atoms with Crippen molar-refractivity contribution in [3.63, 3.8) is 0 Å². The monoisotopic (exact) mass is 388 g/mol. The molecule has 3 atom stereocenters. The molecule has 3 aliphatic heterocycles. The Kier molecular flexibility index (Phi) is 4.67. The van der Waals surface area contributed by atoms with Gasteiger partial charge in [0.15, 0.2) is 0 Å². The van der Waals surface area contributed by atoms with E-state index in [0.717, 1.165) is 43.7 Å². The van der Waals surface area contributed by atoms with Gasteiger partial charge < -0.3 is 9.64 Å². The summed E-state index contributed by atoms with van der Waals surface area (Å²) in [5.41, 5.74) is 2.03. The summed E-state index contributed by atoms with van der Waals surface area (Å²) in [4.78, 5) is 18.2. The van der Waals surface area contributed by atoms with Crippen molar-refractivity contribution < 1.29 is 9.53 Å². The molecule has 1 amide bonds. The van der Waals surface area contributed by atoms with Crippen LogP contribution in [-0.4, -0.2) is 47.5 Å². The molecule has 3 fully saturated rings. The second-order valence-electron chi connectivity index (χ2n) is 8.49. The summed E-state index contributed by atoms with van der Waals surface area (Å²) in [6, 6.07) is 18.8. The summed E-state index contributed by atoms with van der Waals surface area (Å²) in [5.74, 6) is 1.60. The fourth-order valence-electron chi connectivity index (χ4n) is 5.77. The fourth-order valence-corrected chi connectivity index (χ4v) is 5.77. The Balaban J connectivity index is 1.36. The molecule has 1 spiro atoms. The van der Waals surface area contributed by atoms with Crippen LogP contribution in [0.2, 0.25) is 0 Å². The van der Waals surface area contributed by atoms with Gasteiger partial charge in [0.2, 0.25) is 5.91 Å². The number of hydrogen-bond acceptors (Lipinski definition) is 3. The maximum Gasteiger partial charge on any atom is 0.243 e. The van der Waals surface area contributed by atoms with Gasteiger partial charge in [0, 0.05) is 30.6 Å². The van der Waals surface area contributed by atoms with Crippen molar-refractivity contribution in [2.75, 3.05) is 20.2 Å². The van der Waals surface area contributed by atoms with Crippen LogP contribution in [0.5, 0.6) is 5.75 Å². The van der Waals surface area contributed by atoms with E-state index in [0.29, 0.717) is 24.4 Å². The number of ether oxygens (including phenoxy) is 1. The summed E-state index contributed by atoms with van der Waals surface area (Å²) >= 11 is 0. The second-order valence-corrected chi connectivity index (χ2v) is 8.49. The molecular formula is C25H28N2O2. The molecule has 4 heteroatoms. The summed E-state index contributed by atoms with van der Waals surface area (Å²) in [6.07, 6.45) is 7.71. The zero-order valence-electron chi connectivity index (χ0n) is 17.0. The lowest BCUT2D eigenvalue weighted by molar-refractivity contribution is -0.137. The van der Waals surface area contributed by atoms with Gasteiger partial charge in [-0.05, 0) is 37.4 Å². The number of para-hydroxylation sites is 1. The largest absolute Gasteiger partial charge is 0.496 e. The Morgan fingerprint density at radius 3 is 2.76 bits per heavy atom. The number of nitrogens with zero attached hydrogens (tertiary/aromatic N) is 2. The van der Waals surface area contributed by atoms with E-state index in [1.807, 2.05) is 24.3 Å². The van der Waals surface area contributed by atoms with Crippen molar-refractivity contribution in [1.29, 1.82) is 0 Å². The summed E-state index contributed by atoms with van der Waals surface area (Å²) in [5, 5.41) is 0.